The van der Waals surface area contributed by atoms with Crippen molar-refractivity contribution < 1.29 is 0 Å². The first-order chi connectivity index (χ1) is 5.20. The van der Waals surface area contributed by atoms with Crippen LogP contribution in [-0.2, 0) is 0 Å². The summed E-state index contributed by atoms with van der Waals surface area (Å²) in [6.07, 6.45) is 7.26. The van der Waals surface area contributed by atoms with E-state index in [1.807, 2.05) is 0 Å². The summed E-state index contributed by atoms with van der Waals surface area (Å²) in [6.45, 7) is 8.41. The lowest BCUT2D eigenvalue weighted by atomic mass is 9.80. The smallest absolute Gasteiger partial charge is 0.0237 e. The first kappa shape index (κ1) is 8.83. The highest BCUT2D eigenvalue weighted by atomic mass is 14.2. The van der Waals surface area contributed by atoms with Gasteiger partial charge in [0.1, 0.15) is 0 Å². The van der Waals surface area contributed by atoms with Crippen molar-refractivity contribution in [3.05, 3.63) is 12.2 Å². The van der Waals surface area contributed by atoms with Crippen LogP contribution in [0, 0.1) is 11.8 Å². The molecule has 0 saturated heterocycles. The van der Waals surface area contributed by atoms with E-state index in [0.717, 1.165) is 11.8 Å². The molecule has 0 aromatic heterocycles. The fourth-order valence-electron chi connectivity index (χ4n) is 1.51. The van der Waals surface area contributed by atoms with Gasteiger partial charge in [-0.3, -0.25) is 0 Å². The molecule has 1 rings (SSSR count). The van der Waals surface area contributed by atoms with Crippen LogP contribution in [0.3, 0.4) is 0 Å². The third kappa shape index (κ3) is 2.69. The molecule has 0 amide bonds. The molecule has 0 nitrogen and oxygen atoms in total. The van der Waals surface area contributed by atoms with Crippen LogP contribution < -0.4 is 0 Å². The monoisotopic (exact) mass is 152 g/mol. The second kappa shape index (κ2) is 3.94. The summed E-state index contributed by atoms with van der Waals surface area (Å²) in [6, 6.07) is 0. The third-order valence-corrected chi connectivity index (χ3v) is 3.07. The summed E-state index contributed by atoms with van der Waals surface area (Å²) in [5.74, 6) is 1.81. The normalized spacial score (nSPS) is 20.9. The molecule has 1 aliphatic carbocycles. The molecule has 1 atom stereocenters. The molecule has 1 aliphatic rings. The highest BCUT2D eigenvalue weighted by Gasteiger charge is 2.17. The number of allylic oxidation sites excluding steroid dienone is 1. The zero-order valence-corrected chi connectivity index (χ0v) is 7.90. The molecule has 0 spiro atoms. The fraction of sp³-hybridized carbons (Fsp3) is 0.818. The molecule has 1 fully saturated rings. The van der Waals surface area contributed by atoms with Crippen LogP contribution in [0.5, 0.6) is 0 Å². The maximum atomic E-state index is 3.98. The first-order valence-corrected chi connectivity index (χ1v) is 4.85. The summed E-state index contributed by atoms with van der Waals surface area (Å²) >= 11 is 0. The van der Waals surface area contributed by atoms with E-state index in [1.54, 1.807) is 0 Å². The van der Waals surface area contributed by atoms with Gasteiger partial charge in [-0.1, -0.05) is 38.3 Å². The Morgan fingerprint density at radius 3 is 2.55 bits per heavy atom. The van der Waals surface area contributed by atoms with E-state index in [9.17, 15) is 0 Å². The quantitative estimate of drug-likeness (QED) is 0.538. The van der Waals surface area contributed by atoms with Gasteiger partial charge in [0.05, 0.1) is 0 Å². The molecule has 0 aliphatic heterocycles. The Balaban J connectivity index is 2.05. The zero-order chi connectivity index (χ0) is 8.27. The molecule has 0 radical (unpaired) electrons. The number of hydrogen-bond acceptors (Lipinski definition) is 0. The van der Waals surface area contributed by atoms with Crippen molar-refractivity contribution in [2.45, 2.75) is 46.0 Å². The van der Waals surface area contributed by atoms with Gasteiger partial charge in [0.15, 0.2) is 0 Å². The maximum absolute atomic E-state index is 3.98. The second-order valence-electron chi connectivity index (χ2n) is 4.12. The van der Waals surface area contributed by atoms with Crippen molar-refractivity contribution in [1.82, 2.24) is 0 Å². The van der Waals surface area contributed by atoms with Crippen LogP contribution in [-0.4, -0.2) is 0 Å². The molecule has 0 aromatic carbocycles. The predicted octanol–water partition coefficient (Wildman–Crippen LogP) is 3.78. The Morgan fingerprint density at radius 2 is 2.18 bits per heavy atom. The Kier molecular flexibility index (Phi) is 3.16. The van der Waals surface area contributed by atoms with Crippen molar-refractivity contribution in [3.63, 3.8) is 0 Å². The van der Waals surface area contributed by atoms with Gasteiger partial charge in [-0.25, -0.2) is 0 Å². The number of hydrogen-bond donors (Lipinski definition) is 0. The Labute approximate surface area is 70.7 Å². The summed E-state index contributed by atoms with van der Waals surface area (Å²) in [4.78, 5) is 0. The minimum Gasteiger partial charge on any atom is -0.0999 e. The SMILES string of the molecule is C=C(C)C(C)CCC1CCC1. The predicted molar refractivity (Wildman–Crippen MR) is 50.6 cm³/mol. The average molecular weight is 152 g/mol. The van der Waals surface area contributed by atoms with Gasteiger partial charge in [0.25, 0.3) is 0 Å². The van der Waals surface area contributed by atoms with Crippen LogP contribution in [0.2, 0.25) is 0 Å². The molecular weight excluding hydrogens is 132 g/mol. The van der Waals surface area contributed by atoms with Gasteiger partial charge in [0.2, 0.25) is 0 Å². The maximum Gasteiger partial charge on any atom is -0.0237 e. The second-order valence-corrected chi connectivity index (χ2v) is 4.12. The Hall–Kier alpha value is -0.260. The topological polar surface area (TPSA) is 0 Å². The first-order valence-electron chi connectivity index (χ1n) is 4.85. The van der Waals surface area contributed by atoms with Crippen molar-refractivity contribution in [2.24, 2.45) is 11.8 Å². The summed E-state index contributed by atoms with van der Waals surface area (Å²) in [7, 11) is 0. The molecule has 0 heterocycles. The minimum atomic E-state index is 0.746. The van der Waals surface area contributed by atoms with Gasteiger partial charge in [0, 0.05) is 0 Å². The average Bonchev–Trinajstić information content (AvgIpc) is 1.83. The van der Waals surface area contributed by atoms with Crippen molar-refractivity contribution in [1.29, 1.82) is 0 Å². The van der Waals surface area contributed by atoms with E-state index in [2.05, 4.69) is 20.4 Å². The van der Waals surface area contributed by atoms with E-state index in [0.29, 0.717) is 0 Å². The van der Waals surface area contributed by atoms with E-state index < -0.39 is 0 Å². The molecule has 0 N–H and O–H groups in total. The molecular formula is C11H20. The summed E-state index contributed by atoms with van der Waals surface area (Å²) in [5, 5.41) is 0. The van der Waals surface area contributed by atoms with Crippen LogP contribution >= 0.6 is 0 Å². The van der Waals surface area contributed by atoms with E-state index in [4.69, 9.17) is 0 Å². The molecule has 1 unspecified atom stereocenters. The van der Waals surface area contributed by atoms with Crippen LogP contribution in [0.15, 0.2) is 12.2 Å². The summed E-state index contributed by atoms with van der Waals surface area (Å²) in [5.41, 5.74) is 1.35. The molecule has 0 bridgehead atoms. The van der Waals surface area contributed by atoms with Gasteiger partial charge in [-0.05, 0) is 31.6 Å². The van der Waals surface area contributed by atoms with E-state index in [-0.39, 0.29) is 0 Å². The Bertz CT molecular complexity index is 131. The van der Waals surface area contributed by atoms with Gasteiger partial charge >= 0.3 is 0 Å². The highest BCUT2D eigenvalue weighted by Crippen LogP contribution is 2.32. The van der Waals surface area contributed by atoms with Crippen molar-refractivity contribution in [3.8, 4) is 0 Å². The lowest BCUT2D eigenvalue weighted by Crippen LogP contribution is -2.12. The summed E-state index contributed by atoms with van der Waals surface area (Å²) < 4.78 is 0. The molecule has 0 heteroatoms. The largest absolute Gasteiger partial charge is 0.0999 e. The number of rotatable bonds is 4. The Morgan fingerprint density at radius 1 is 1.55 bits per heavy atom. The van der Waals surface area contributed by atoms with Crippen LogP contribution in [0.1, 0.15) is 46.0 Å². The zero-order valence-electron chi connectivity index (χ0n) is 7.90. The highest BCUT2D eigenvalue weighted by molar-refractivity contribution is 4.93. The standard InChI is InChI=1S/C11H20/c1-9(2)10(3)7-8-11-5-4-6-11/h10-11H,1,4-8H2,2-3H3. The molecule has 0 aromatic rings. The van der Waals surface area contributed by atoms with Gasteiger partial charge in [-0.2, -0.15) is 0 Å². The molecule has 1 saturated carbocycles. The van der Waals surface area contributed by atoms with E-state index in [1.165, 1.54) is 37.7 Å². The van der Waals surface area contributed by atoms with Gasteiger partial charge < -0.3 is 0 Å². The third-order valence-electron chi connectivity index (χ3n) is 3.07. The van der Waals surface area contributed by atoms with Gasteiger partial charge in [-0.15, -0.1) is 0 Å². The van der Waals surface area contributed by atoms with Crippen LogP contribution in [0.4, 0.5) is 0 Å². The van der Waals surface area contributed by atoms with Crippen LogP contribution in [0.25, 0.3) is 0 Å². The minimum absolute atomic E-state index is 0.746. The molecule has 11 heavy (non-hydrogen) atoms. The molecule has 64 valence electrons. The fourth-order valence-corrected chi connectivity index (χ4v) is 1.51. The lowest BCUT2D eigenvalue weighted by molar-refractivity contribution is 0.279. The van der Waals surface area contributed by atoms with E-state index >= 15 is 0 Å². The lowest BCUT2D eigenvalue weighted by Gasteiger charge is -2.26. The van der Waals surface area contributed by atoms with Crippen molar-refractivity contribution in [2.75, 3.05) is 0 Å². The van der Waals surface area contributed by atoms with Crippen molar-refractivity contribution >= 4 is 0 Å².